The number of nitrogen functional groups attached to an aromatic ring is 2. The minimum atomic E-state index is -5.19. The Hall–Kier alpha value is -2.74. The molecule has 240 valence electrons. The van der Waals surface area contributed by atoms with Gasteiger partial charge in [-0.3, -0.25) is 13.6 Å². The summed E-state index contributed by atoms with van der Waals surface area (Å²) in [6.07, 6.45) is -1.31. The topological polar surface area (TPSA) is 277 Å². The number of rotatable bonds is 12. The molecule has 8 N–H and O–H groups in total. The van der Waals surface area contributed by atoms with Crippen LogP contribution < -0.4 is 11.5 Å². The first kappa shape index (κ1) is 32.6. The van der Waals surface area contributed by atoms with Crippen molar-refractivity contribution in [1.82, 2.24) is 34.4 Å². The van der Waals surface area contributed by atoms with E-state index < -0.39 is 46.8 Å². The van der Waals surface area contributed by atoms with Gasteiger partial charge in [-0.15, -0.1) is 11.8 Å². The lowest BCUT2D eigenvalue weighted by molar-refractivity contribution is -0.0504. The lowest BCUT2D eigenvalue weighted by Crippen LogP contribution is -2.33. The first-order chi connectivity index (χ1) is 20.7. The van der Waals surface area contributed by atoms with Gasteiger partial charge in [0.15, 0.2) is 17.7 Å². The Labute approximate surface area is 254 Å². The second-order valence-electron chi connectivity index (χ2n) is 9.83. The normalized spacial score (nSPS) is 25.1. The van der Waals surface area contributed by atoms with Crippen molar-refractivity contribution in [3.63, 3.8) is 0 Å². The van der Waals surface area contributed by atoms with E-state index in [0.29, 0.717) is 24.1 Å². The first-order valence-corrected chi connectivity index (χ1v) is 17.0. The number of aliphatic hydroxyl groups is 2. The molecule has 22 heteroatoms. The van der Waals surface area contributed by atoms with Crippen LogP contribution in [0.15, 0.2) is 29.5 Å². The Kier molecular flexibility index (Phi) is 9.60. The Morgan fingerprint density at radius 2 is 1.82 bits per heavy atom. The number of nitrogens with two attached hydrogens (primary N) is 2. The zero-order valence-corrected chi connectivity index (χ0v) is 26.0. The maximum atomic E-state index is 12.4. The van der Waals surface area contributed by atoms with Crippen molar-refractivity contribution in [2.45, 2.75) is 51.4 Å². The van der Waals surface area contributed by atoms with Crippen molar-refractivity contribution in [2.24, 2.45) is 0 Å². The van der Waals surface area contributed by atoms with Gasteiger partial charge in [0, 0.05) is 35.3 Å². The molecule has 2 aliphatic rings. The quantitative estimate of drug-likeness (QED) is 0.145. The van der Waals surface area contributed by atoms with E-state index in [2.05, 4.69) is 29.2 Å². The Balaban J connectivity index is 1.11. The number of aliphatic hydroxyl groups excluding tert-OH is 2. The molecule has 0 aromatic carbocycles. The average molecular weight is 676 g/mol. The molecule has 6 unspecified atom stereocenters. The van der Waals surface area contributed by atoms with E-state index in [4.69, 9.17) is 25.3 Å². The zero-order chi connectivity index (χ0) is 31.8. The van der Waals surface area contributed by atoms with E-state index in [1.807, 2.05) is 11.8 Å². The number of aryl methyl sites for hydroxylation is 1. The third kappa shape index (κ3) is 7.21. The van der Waals surface area contributed by atoms with Gasteiger partial charge in [0.1, 0.15) is 41.8 Å². The number of aromatic nitrogens is 6. The van der Waals surface area contributed by atoms with Crippen LogP contribution in [0, 0.1) is 6.92 Å². The lowest BCUT2D eigenvalue weighted by atomic mass is 10.1. The number of thioether (sulfide) groups is 1. The van der Waals surface area contributed by atoms with Crippen molar-refractivity contribution in [1.29, 1.82) is 0 Å². The van der Waals surface area contributed by atoms with Gasteiger partial charge in [0.2, 0.25) is 0 Å². The van der Waals surface area contributed by atoms with Crippen LogP contribution in [-0.4, -0.2) is 91.8 Å². The monoisotopic (exact) mass is 675 g/mol. The molecular weight excluding hydrogens is 644 g/mol. The summed E-state index contributed by atoms with van der Waals surface area (Å²) in [4.78, 5) is 43.3. The molecule has 6 atom stereocenters. The van der Waals surface area contributed by atoms with Gasteiger partial charge in [-0.05, 0) is 13.8 Å². The molecular formula is C22H31N9O10P2S. The van der Waals surface area contributed by atoms with Crippen molar-refractivity contribution >= 4 is 50.2 Å². The smallest absolute Gasteiger partial charge is 0.387 e. The molecule has 0 amide bonds. The molecule has 1 saturated heterocycles. The van der Waals surface area contributed by atoms with Crippen molar-refractivity contribution in [3.05, 3.63) is 40.8 Å². The van der Waals surface area contributed by atoms with E-state index in [1.54, 1.807) is 13.1 Å². The lowest BCUT2D eigenvalue weighted by Gasteiger charge is -2.20. The largest absolute Gasteiger partial charge is 0.481 e. The number of fused-ring (bicyclic) bond motifs is 1. The Morgan fingerprint density at radius 1 is 1.07 bits per heavy atom. The van der Waals surface area contributed by atoms with Crippen LogP contribution in [0.2, 0.25) is 0 Å². The van der Waals surface area contributed by atoms with Crippen molar-refractivity contribution in [3.8, 4) is 0 Å². The molecule has 3 aromatic heterocycles. The van der Waals surface area contributed by atoms with E-state index in [-0.39, 0.29) is 30.0 Å². The van der Waals surface area contributed by atoms with Crippen molar-refractivity contribution in [2.75, 3.05) is 30.6 Å². The van der Waals surface area contributed by atoms with Gasteiger partial charge in [-0.2, -0.15) is 4.31 Å². The van der Waals surface area contributed by atoms with E-state index in [1.165, 1.54) is 29.0 Å². The molecule has 0 saturated carbocycles. The number of imidazole rings is 1. The summed E-state index contributed by atoms with van der Waals surface area (Å²) in [6, 6.07) is 0. The number of allylic oxidation sites excluding steroid dienone is 1. The van der Waals surface area contributed by atoms with Gasteiger partial charge in [-0.1, -0.05) is 0 Å². The molecule has 5 rings (SSSR count). The van der Waals surface area contributed by atoms with E-state index in [0.717, 1.165) is 16.2 Å². The predicted octanol–water partition coefficient (Wildman–Crippen LogP) is 0.787. The summed E-state index contributed by atoms with van der Waals surface area (Å²) in [5, 5.41) is 21.0. The molecule has 0 radical (unpaired) electrons. The number of phosphoric acid groups is 2. The fourth-order valence-electron chi connectivity index (χ4n) is 4.54. The Bertz CT molecular complexity index is 1660. The summed E-state index contributed by atoms with van der Waals surface area (Å²) in [7, 11) is -10.2. The third-order valence-electron chi connectivity index (χ3n) is 6.84. The number of phosphoric ester groups is 2. The summed E-state index contributed by atoms with van der Waals surface area (Å²) < 4.78 is 45.9. The minimum Gasteiger partial charge on any atom is -0.387 e. The zero-order valence-electron chi connectivity index (χ0n) is 23.4. The Morgan fingerprint density at radius 3 is 2.57 bits per heavy atom. The molecule has 1 fully saturated rings. The number of hydrogen-bond donors (Lipinski definition) is 6. The van der Waals surface area contributed by atoms with E-state index in [9.17, 15) is 29.1 Å². The van der Waals surface area contributed by atoms with E-state index >= 15 is 0 Å². The summed E-state index contributed by atoms with van der Waals surface area (Å²) in [6.45, 7) is 3.00. The van der Waals surface area contributed by atoms with Crippen LogP contribution in [0.25, 0.3) is 11.2 Å². The van der Waals surface area contributed by atoms with Gasteiger partial charge in [-0.25, -0.2) is 34.0 Å². The molecule has 3 aromatic rings. The molecule has 19 nitrogen and oxygen atoms in total. The van der Waals surface area contributed by atoms with Gasteiger partial charge in [0.25, 0.3) is 0 Å². The fourth-order valence-corrected chi connectivity index (χ4v) is 7.78. The fraction of sp³-hybridized carbons (Fsp3) is 0.500. The molecule has 0 bridgehead atoms. The molecule has 0 spiro atoms. The highest BCUT2D eigenvalue weighted by atomic mass is 32.2. The molecule has 0 aliphatic carbocycles. The van der Waals surface area contributed by atoms with Gasteiger partial charge < -0.3 is 41.1 Å². The maximum Gasteiger partial charge on any atom is 0.481 e. The highest BCUT2D eigenvalue weighted by molar-refractivity contribution is 8.03. The van der Waals surface area contributed by atoms with Crippen molar-refractivity contribution < 1.29 is 47.2 Å². The summed E-state index contributed by atoms with van der Waals surface area (Å²) in [5.41, 5.74) is 13.9. The minimum absolute atomic E-state index is 0.0887. The van der Waals surface area contributed by atoms with Crippen LogP contribution in [0.1, 0.15) is 31.0 Å². The highest BCUT2D eigenvalue weighted by Crippen LogP contribution is 2.60. The highest BCUT2D eigenvalue weighted by Gasteiger charge is 2.46. The average Bonchev–Trinajstić information content (AvgIpc) is 3.61. The first-order valence-electron chi connectivity index (χ1n) is 13.0. The number of nitrogens with zero attached hydrogens (tertiary/aromatic N) is 7. The maximum absolute atomic E-state index is 12.4. The number of anilines is 2. The molecule has 2 aliphatic heterocycles. The van der Waals surface area contributed by atoms with Crippen LogP contribution in [0.3, 0.4) is 0 Å². The van der Waals surface area contributed by atoms with Crippen LogP contribution in [0.5, 0.6) is 0 Å². The second kappa shape index (κ2) is 12.9. The van der Waals surface area contributed by atoms with Gasteiger partial charge >= 0.3 is 15.6 Å². The summed E-state index contributed by atoms with van der Waals surface area (Å²) in [5.74, 6) is 1.65. The summed E-state index contributed by atoms with van der Waals surface area (Å²) >= 11 is 1.50. The SMILES string of the molecule is CC1=C(CCOP(=O)(O)OP(=O)(O)OCC2OC(n3cnc4c(N)ncnc43)C(O)C2O)SCN1Cc1cnc(C)nc1N. The van der Waals surface area contributed by atoms with Crippen LogP contribution in [0.4, 0.5) is 11.6 Å². The standard InChI is InChI=1S/C22H31N9O10P2S/c1-11-15(44-10-30(11)6-13-5-25-12(2)29-19(13)23)3-4-38-42(34,35)41-43(36,37)39-7-14-17(32)18(33)22(40-14)31-9-28-16-20(24)26-8-27-21(16)31/h5,8-9,14,17-18,22,32-33H,3-4,6-7,10H2,1-2H3,(H,34,35)(H,36,37)(H2,23,25,29)(H2,24,26,27). The predicted molar refractivity (Wildman–Crippen MR) is 155 cm³/mol. The number of hydrogen-bond acceptors (Lipinski definition) is 17. The third-order valence-corrected chi connectivity index (χ3v) is 10.8. The molecule has 5 heterocycles. The van der Waals surface area contributed by atoms with Gasteiger partial charge in [0.05, 0.1) is 25.4 Å². The molecule has 44 heavy (non-hydrogen) atoms. The van der Waals surface area contributed by atoms with Crippen LogP contribution >= 0.6 is 27.4 Å². The van der Waals surface area contributed by atoms with Crippen LogP contribution in [-0.2, 0) is 33.8 Å². The number of ether oxygens (including phenoxy) is 1. The second-order valence-corrected chi connectivity index (χ2v) is 13.9.